The van der Waals surface area contributed by atoms with Crippen LogP contribution >= 0.6 is 27.3 Å². The fourth-order valence-corrected chi connectivity index (χ4v) is 3.23. The summed E-state index contributed by atoms with van der Waals surface area (Å²) in [5, 5.41) is 16.2. The highest BCUT2D eigenvalue weighted by Gasteiger charge is 2.13. The molecule has 0 aliphatic heterocycles. The van der Waals surface area contributed by atoms with Crippen LogP contribution in [0, 0.1) is 17.0 Å². The average Bonchev–Trinajstić information content (AvgIpc) is 2.78. The summed E-state index contributed by atoms with van der Waals surface area (Å²) in [5.41, 5.74) is 1.57. The number of hydrogen-bond donors (Lipinski definition) is 1. The Morgan fingerprint density at radius 2 is 2.16 bits per heavy atom. The van der Waals surface area contributed by atoms with E-state index in [0.717, 1.165) is 10.2 Å². The second kappa shape index (κ2) is 5.71. The molecule has 0 bridgehead atoms. The van der Waals surface area contributed by atoms with E-state index in [1.807, 2.05) is 24.4 Å². The van der Waals surface area contributed by atoms with Crippen LogP contribution in [0.1, 0.15) is 23.4 Å². The lowest BCUT2D eigenvalue weighted by Gasteiger charge is -2.13. The number of anilines is 1. The van der Waals surface area contributed by atoms with Gasteiger partial charge in [-0.2, -0.15) is 0 Å². The van der Waals surface area contributed by atoms with Crippen molar-refractivity contribution in [3.05, 3.63) is 54.7 Å². The fraction of sp³-hybridized carbons (Fsp3) is 0.231. The number of rotatable bonds is 4. The van der Waals surface area contributed by atoms with Gasteiger partial charge in [-0.3, -0.25) is 10.1 Å². The predicted octanol–water partition coefficient (Wildman–Crippen LogP) is 4.90. The summed E-state index contributed by atoms with van der Waals surface area (Å²) in [6, 6.07) is 7.36. The molecule has 0 fully saturated rings. The van der Waals surface area contributed by atoms with Crippen molar-refractivity contribution in [2.45, 2.75) is 19.9 Å². The van der Waals surface area contributed by atoms with E-state index in [1.54, 1.807) is 30.4 Å². The predicted molar refractivity (Wildman–Crippen MR) is 81.9 cm³/mol. The van der Waals surface area contributed by atoms with Crippen LogP contribution in [0.15, 0.2) is 34.1 Å². The van der Waals surface area contributed by atoms with Crippen LogP contribution < -0.4 is 5.32 Å². The fourth-order valence-electron chi connectivity index (χ4n) is 1.77. The van der Waals surface area contributed by atoms with Gasteiger partial charge >= 0.3 is 0 Å². The van der Waals surface area contributed by atoms with Crippen LogP contribution in [0.5, 0.6) is 0 Å². The molecule has 4 nitrogen and oxygen atoms in total. The first-order chi connectivity index (χ1) is 8.97. The lowest BCUT2D eigenvalue weighted by molar-refractivity contribution is -0.385. The van der Waals surface area contributed by atoms with Crippen LogP contribution in [0.4, 0.5) is 11.4 Å². The molecule has 19 heavy (non-hydrogen) atoms. The molecule has 6 heteroatoms. The number of halogens is 1. The summed E-state index contributed by atoms with van der Waals surface area (Å²) in [6.07, 6.45) is 0. The molecular weight excluding hydrogens is 328 g/mol. The maximum Gasteiger partial charge on any atom is 0.274 e. The quantitative estimate of drug-likeness (QED) is 0.636. The summed E-state index contributed by atoms with van der Waals surface area (Å²) >= 11 is 5.07. The zero-order valence-corrected chi connectivity index (χ0v) is 12.9. The van der Waals surface area contributed by atoms with Gasteiger partial charge in [0.2, 0.25) is 0 Å². The van der Waals surface area contributed by atoms with Crippen molar-refractivity contribution in [3.63, 3.8) is 0 Å². The first-order valence-corrected chi connectivity index (χ1v) is 7.40. The summed E-state index contributed by atoms with van der Waals surface area (Å²) in [7, 11) is 0. The van der Waals surface area contributed by atoms with E-state index in [-0.39, 0.29) is 16.7 Å². The van der Waals surface area contributed by atoms with E-state index in [0.29, 0.717) is 5.56 Å². The Kier molecular flexibility index (Phi) is 4.21. The third-order valence-corrected chi connectivity index (χ3v) is 4.68. The van der Waals surface area contributed by atoms with Crippen molar-refractivity contribution in [1.82, 2.24) is 0 Å². The van der Waals surface area contributed by atoms with Gasteiger partial charge in [0.25, 0.3) is 5.69 Å². The number of thiophene rings is 1. The second-order valence-corrected chi connectivity index (χ2v) is 6.15. The van der Waals surface area contributed by atoms with Crippen molar-refractivity contribution in [2.75, 3.05) is 5.32 Å². The minimum Gasteiger partial charge on any atom is -0.378 e. The first-order valence-electron chi connectivity index (χ1n) is 5.73. The number of nitrogens with zero attached hydrogens (tertiary/aromatic N) is 1. The van der Waals surface area contributed by atoms with E-state index in [2.05, 4.69) is 21.2 Å². The molecule has 1 heterocycles. The van der Waals surface area contributed by atoms with Gasteiger partial charge in [0.05, 0.1) is 11.0 Å². The van der Waals surface area contributed by atoms with Crippen LogP contribution in [0.2, 0.25) is 0 Å². The Bertz CT molecular complexity index is 612. The van der Waals surface area contributed by atoms with Crippen LogP contribution in [-0.4, -0.2) is 4.92 Å². The van der Waals surface area contributed by atoms with Crippen molar-refractivity contribution in [3.8, 4) is 0 Å². The standard InChI is InChI=1S/C13H13BrN2O2S/c1-8-3-4-11(6-12(8)16(17)18)15-9(2)13-5-10(14)7-19-13/h3-7,9,15H,1-2H3. The molecule has 1 aromatic heterocycles. The summed E-state index contributed by atoms with van der Waals surface area (Å²) in [6.45, 7) is 3.77. The molecule has 1 atom stereocenters. The van der Waals surface area contributed by atoms with Gasteiger partial charge in [-0.15, -0.1) is 11.3 Å². The van der Waals surface area contributed by atoms with Gasteiger partial charge in [-0.25, -0.2) is 0 Å². The molecule has 0 radical (unpaired) electrons. The van der Waals surface area contributed by atoms with Crippen molar-refractivity contribution < 1.29 is 4.92 Å². The molecule has 0 saturated carbocycles. The molecule has 1 N–H and O–H groups in total. The number of benzene rings is 1. The average molecular weight is 341 g/mol. The van der Waals surface area contributed by atoms with E-state index in [1.165, 1.54) is 4.88 Å². The SMILES string of the molecule is Cc1ccc(NC(C)c2cc(Br)cs2)cc1[N+](=O)[O-]. The smallest absolute Gasteiger partial charge is 0.274 e. The minimum atomic E-state index is -0.354. The highest BCUT2D eigenvalue weighted by Crippen LogP contribution is 2.29. The second-order valence-electron chi connectivity index (χ2n) is 4.29. The molecule has 1 aromatic carbocycles. The molecule has 0 aliphatic rings. The highest BCUT2D eigenvalue weighted by molar-refractivity contribution is 9.10. The lowest BCUT2D eigenvalue weighted by Crippen LogP contribution is -2.05. The Hall–Kier alpha value is -1.40. The van der Waals surface area contributed by atoms with Crippen molar-refractivity contribution in [1.29, 1.82) is 0 Å². The van der Waals surface area contributed by atoms with Crippen LogP contribution in [-0.2, 0) is 0 Å². The van der Waals surface area contributed by atoms with Gasteiger partial charge in [-0.05, 0) is 41.9 Å². The summed E-state index contributed by atoms with van der Waals surface area (Å²) < 4.78 is 1.05. The third-order valence-electron chi connectivity index (χ3n) is 2.80. The van der Waals surface area contributed by atoms with Gasteiger partial charge in [-0.1, -0.05) is 6.07 Å². The van der Waals surface area contributed by atoms with E-state index < -0.39 is 0 Å². The van der Waals surface area contributed by atoms with Crippen LogP contribution in [0.25, 0.3) is 0 Å². The van der Waals surface area contributed by atoms with Gasteiger partial charge < -0.3 is 5.32 Å². The van der Waals surface area contributed by atoms with E-state index in [4.69, 9.17) is 0 Å². The molecule has 2 rings (SSSR count). The number of aryl methyl sites for hydroxylation is 1. The Labute approximate surface area is 123 Å². The van der Waals surface area contributed by atoms with Gasteiger partial charge in [0.15, 0.2) is 0 Å². The maximum absolute atomic E-state index is 10.9. The van der Waals surface area contributed by atoms with Crippen molar-refractivity contribution in [2.24, 2.45) is 0 Å². The topological polar surface area (TPSA) is 55.2 Å². The number of hydrogen-bond acceptors (Lipinski definition) is 4. The normalized spacial score (nSPS) is 12.2. The number of nitro benzene ring substituents is 1. The largest absolute Gasteiger partial charge is 0.378 e. The zero-order chi connectivity index (χ0) is 14.0. The maximum atomic E-state index is 10.9. The monoisotopic (exact) mass is 340 g/mol. The highest BCUT2D eigenvalue weighted by atomic mass is 79.9. The summed E-state index contributed by atoms with van der Waals surface area (Å²) in [5.74, 6) is 0. The first kappa shape index (κ1) is 14.0. The zero-order valence-electron chi connectivity index (χ0n) is 10.5. The van der Waals surface area contributed by atoms with Crippen LogP contribution in [0.3, 0.4) is 0 Å². The molecular formula is C13H13BrN2O2S. The third kappa shape index (κ3) is 3.33. The van der Waals surface area contributed by atoms with Crippen molar-refractivity contribution >= 4 is 38.6 Å². The Morgan fingerprint density at radius 1 is 1.42 bits per heavy atom. The molecule has 1 unspecified atom stereocenters. The molecule has 0 saturated heterocycles. The summed E-state index contributed by atoms with van der Waals surface area (Å²) in [4.78, 5) is 11.7. The lowest BCUT2D eigenvalue weighted by atomic mass is 10.1. The molecule has 2 aromatic rings. The van der Waals surface area contributed by atoms with E-state index >= 15 is 0 Å². The Morgan fingerprint density at radius 3 is 2.74 bits per heavy atom. The van der Waals surface area contributed by atoms with Gasteiger partial charge in [0, 0.05) is 32.0 Å². The van der Waals surface area contributed by atoms with E-state index in [9.17, 15) is 10.1 Å². The molecule has 0 amide bonds. The number of nitrogens with one attached hydrogen (secondary N) is 1. The van der Waals surface area contributed by atoms with Gasteiger partial charge in [0.1, 0.15) is 0 Å². The molecule has 100 valence electrons. The minimum absolute atomic E-state index is 0.110. The number of nitro groups is 1. The molecule has 0 aliphatic carbocycles. The Balaban J connectivity index is 2.19. The molecule has 0 spiro atoms.